The third-order valence-corrected chi connectivity index (χ3v) is 3.37. The minimum Gasteiger partial charge on any atom is -0.369 e. The van der Waals surface area contributed by atoms with Gasteiger partial charge in [0.15, 0.2) is 0 Å². The summed E-state index contributed by atoms with van der Waals surface area (Å²) in [6, 6.07) is 0. The van der Waals surface area contributed by atoms with Gasteiger partial charge in [0.1, 0.15) is 6.61 Å². The van der Waals surface area contributed by atoms with E-state index in [1.807, 2.05) is 13.8 Å². The number of nitrogens with zero attached hydrogens (tertiary/aromatic N) is 1. The summed E-state index contributed by atoms with van der Waals surface area (Å²) in [7, 11) is 0. The smallest absolute Gasteiger partial charge is 0.246 e. The number of likely N-dealkylation sites (tertiary alicyclic amines) is 1. The van der Waals surface area contributed by atoms with Crippen LogP contribution in [-0.4, -0.2) is 49.7 Å². The number of carbonyl (C=O) groups is 1. The molecule has 1 fully saturated rings. The van der Waals surface area contributed by atoms with E-state index in [2.05, 4.69) is 29.0 Å². The largest absolute Gasteiger partial charge is 0.369 e. The van der Waals surface area contributed by atoms with E-state index in [1.54, 1.807) is 0 Å². The van der Waals surface area contributed by atoms with Crippen LogP contribution in [0.25, 0.3) is 0 Å². The minimum atomic E-state index is -0.0256. The maximum Gasteiger partial charge on any atom is 0.246 e. The third kappa shape index (κ3) is 7.52. The molecule has 1 aliphatic heterocycles. The quantitative estimate of drug-likeness (QED) is 0.752. The van der Waals surface area contributed by atoms with E-state index >= 15 is 0 Å². The van der Waals surface area contributed by atoms with Crippen molar-refractivity contribution in [3.63, 3.8) is 0 Å². The lowest BCUT2D eigenvalue weighted by Crippen LogP contribution is -2.40. The van der Waals surface area contributed by atoms with Crippen molar-refractivity contribution in [1.82, 2.24) is 10.2 Å². The van der Waals surface area contributed by atoms with E-state index in [-0.39, 0.29) is 18.6 Å². The minimum absolute atomic E-state index is 0.0256. The average molecular weight is 280 g/mol. The predicted molar refractivity (Wildman–Crippen MR) is 81.3 cm³/mol. The standard InChI is InChI=1S/C16H28N2O2/c1-4-5-6-15-7-10-18(11-8-15)12-9-17-16(19)13-20-14(2)3/h14-15H,4,7-13H2,1-3H3,(H,17,19). The lowest BCUT2D eigenvalue weighted by molar-refractivity contribution is -0.127. The van der Waals surface area contributed by atoms with E-state index < -0.39 is 0 Å². The van der Waals surface area contributed by atoms with Crippen LogP contribution in [0.1, 0.15) is 40.0 Å². The van der Waals surface area contributed by atoms with Crippen molar-refractivity contribution in [2.24, 2.45) is 5.92 Å². The van der Waals surface area contributed by atoms with E-state index in [1.165, 1.54) is 0 Å². The Hall–Kier alpha value is -1.05. The summed E-state index contributed by atoms with van der Waals surface area (Å²) >= 11 is 0. The van der Waals surface area contributed by atoms with Gasteiger partial charge in [0, 0.05) is 25.4 Å². The molecular weight excluding hydrogens is 252 g/mol. The van der Waals surface area contributed by atoms with Crippen LogP contribution >= 0.6 is 0 Å². The summed E-state index contributed by atoms with van der Waals surface area (Å²) in [5, 5.41) is 2.90. The molecule has 0 saturated carbocycles. The molecule has 1 heterocycles. The maximum absolute atomic E-state index is 11.5. The Morgan fingerprint density at radius 3 is 2.70 bits per heavy atom. The molecule has 0 spiro atoms. The Labute approximate surface area is 123 Å². The highest BCUT2D eigenvalue weighted by Crippen LogP contribution is 2.15. The van der Waals surface area contributed by atoms with Crippen LogP contribution in [0.4, 0.5) is 0 Å². The van der Waals surface area contributed by atoms with Gasteiger partial charge < -0.3 is 15.0 Å². The first kappa shape index (κ1) is 17.0. The average Bonchev–Trinajstić information content (AvgIpc) is 2.44. The number of amides is 1. The van der Waals surface area contributed by atoms with Crippen molar-refractivity contribution in [1.29, 1.82) is 0 Å². The van der Waals surface area contributed by atoms with Gasteiger partial charge in [-0.1, -0.05) is 12.8 Å². The van der Waals surface area contributed by atoms with Gasteiger partial charge in [0.2, 0.25) is 5.91 Å². The van der Waals surface area contributed by atoms with E-state index in [0.29, 0.717) is 12.5 Å². The highest BCUT2D eigenvalue weighted by atomic mass is 16.5. The van der Waals surface area contributed by atoms with Gasteiger partial charge in [0.25, 0.3) is 0 Å². The lowest BCUT2D eigenvalue weighted by Gasteiger charge is -2.29. The lowest BCUT2D eigenvalue weighted by atomic mass is 9.97. The highest BCUT2D eigenvalue weighted by Gasteiger charge is 2.17. The molecule has 0 atom stereocenters. The summed E-state index contributed by atoms with van der Waals surface area (Å²) in [5.41, 5.74) is 0. The highest BCUT2D eigenvalue weighted by molar-refractivity contribution is 5.77. The molecule has 20 heavy (non-hydrogen) atoms. The molecule has 1 rings (SSSR count). The fourth-order valence-corrected chi connectivity index (χ4v) is 2.19. The zero-order valence-corrected chi connectivity index (χ0v) is 13.1. The van der Waals surface area contributed by atoms with E-state index in [9.17, 15) is 4.79 Å². The SMILES string of the molecule is CCC#CC1CCN(CCNC(=O)COC(C)C)CC1. The molecule has 1 amide bonds. The normalized spacial score (nSPS) is 16.8. The Morgan fingerprint density at radius 2 is 2.10 bits per heavy atom. The fraction of sp³-hybridized carbons (Fsp3) is 0.812. The molecule has 1 aliphatic rings. The molecule has 114 valence electrons. The Balaban J connectivity index is 2.08. The second-order valence-electron chi connectivity index (χ2n) is 5.50. The fourth-order valence-electron chi connectivity index (χ4n) is 2.19. The number of rotatable bonds is 6. The molecule has 0 bridgehead atoms. The molecule has 4 nitrogen and oxygen atoms in total. The molecule has 1 saturated heterocycles. The van der Waals surface area contributed by atoms with Crippen molar-refractivity contribution in [3.05, 3.63) is 0 Å². The summed E-state index contributed by atoms with van der Waals surface area (Å²) < 4.78 is 5.26. The van der Waals surface area contributed by atoms with Crippen LogP contribution in [0.15, 0.2) is 0 Å². The molecule has 0 unspecified atom stereocenters. The van der Waals surface area contributed by atoms with E-state index in [4.69, 9.17) is 4.74 Å². The molecular formula is C16H28N2O2. The molecule has 0 aromatic rings. The number of hydrogen-bond acceptors (Lipinski definition) is 3. The molecule has 1 N–H and O–H groups in total. The first-order valence-corrected chi connectivity index (χ1v) is 7.70. The number of ether oxygens (including phenoxy) is 1. The van der Waals surface area contributed by atoms with Crippen molar-refractivity contribution < 1.29 is 9.53 Å². The number of nitrogens with one attached hydrogen (secondary N) is 1. The first-order chi connectivity index (χ1) is 9.61. The topological polar surface area (TPSA) is 41.6 Å². The Morgan fingerprint density at radius 1 is 1.40 bits per heavy atom. The van der Waals surface area contributed by atoms with Gasteiger partial charge in [-0.15, -0.1) is 5.92 Å². The second-order valence-corrected chi connectivity index (χ2v) is 5.50. The van der Waals surface area contributed by atoms with Gasteiger partial charge in [-0.2, -0.15) is 0 Å². The zero-order chi connectivity index (χ0) is 14.8. The van der Waals surface area contributed by atoms with Crippen LogP contribution in [0, 0.1) is 17.8 Å². The van der Waals surface area contributed by atoms with Crippen molar-refractivity contribution in [2.45, 2.75) is 46.1 Å². The number of carbonyl (C=O) groups excluding carboxylic acids is 1. The van der Waals surface area contributed by atoms with Crippen LogP contribution in [0.2, 0.25) is 0 Å². The van der Waals surface area contributed by atoms with Gasteiger partial charge in [-0.25, -0.2) is 0 Å². The molecule has 0 aromatic carbocycles. The van der Waals surface area contributed by atoms with Crippen LogP contribution in [0.5, 0.6) is 0 Å². The van der Waals surface area contributed by atoms with Gasteiger partial charge >= 0.3 is 0 Å². The Bertz CT molecular complexity index is 336. The van der Waals surface area contributed by atoms with Gasteiger partial charge in [-0.3, -0.25) is 4.79 Å². The molecule has 0 aliphatic carbocycles. The Kier molecular flexibility index (Phi) is 8.32. The third-order valence-electron chi connectivity index (χ3n) is 3.37. The van der Waals surface area contributed by atoms with Crippen molar-refractivity contribution >= 4 is 5.91 Å². The summed E-state index contributed by atoms with van der Waals surface area (Å²) in [6.45, 7) is 9.90. The van der Waals surface area contributed by atoms with Gasteiger partial charge in [-0.05, 0) is 39.8 Å². The van der Waals surface area contributed by atoms with Crippen molar-refractivity contribution in [2.75, 3.05) is 32.8 Å². The number of piperidine rings is 1. The van der Waals surface area contributed by atoms with Crippen LogP contribution in [0.3, 0.4) is 0 Å². The number of hydrogen-bond donors (Lipinski definition) is 1. The molecule has 0 radical (unpaired) electrons. The van der Waals surface area contributed by atoms with Crippen LogP contribution < -0.4 is 5.32 Å². The van der Waals surface area contributed by atoms with Gasteiger partial charge in [0.05, 0.1) is 6.10 Å². The first-order valence-electron chi connectivity index (χ1n) is 7.70. The molecule has 4 heteroatoms. The summed E-state index contributed by atoms with van der Waals surface area (Å²) in [4.78, 5) is 13.9. The molecule has 0 aromatic heterocycles. The maximum atomic E-state index is 11.5. The second kappa shape index (κ2) is 9.79. The van der Waals surface area contributed by atoms with Crippen molar-refractivity contribution in [3.8, 4) is 11.8 Å². The monoisotopic (exact) mass is 280 g/mol. The summed E-state index contributed by atoms with van der Waals surface area (Å²) in [5.74, 6) is 7.05. The predicted octanol–water partition coefficient (Wildman–Crippen LogP) is 1.65. The summed E-state index contributed by atoms with van der Waals surface area (Å²) in [6.07, 6.45) is 3.35. The zero-order valence-electron chi connectivity index (χ0n) is 13.1. The van der Waals surface area contributed by atoms with E-state index in [0.717, 1.165) is 38.9 Å². The van der Waals surface area contributed by atoms with Crippen LogP contribution in [-0.2, 0) is 9.53 Å².